The average Bonchev–Trinajstić information content (AvgIpc) is 3.13. The molecule has 29 heavy (non-hydrogen) atoms. The van der Waals surface area contributed by atoms with Crippen molar-refractivity contribution in [3.63, 3.8) is 0 Å². The molecule has 0 spiro atoms. The van der Waals surface area contributed by atoms with E-state index in [1.165, 1.54) is 16.5 Å². The van der Waals surface area contributed by atoms with Crippen LogP contribution in [0.1, 0.15) is 19.4 Å². The number of nitrogens with one attached hydrogen (secondary N) is 3. The Balaban J connectivity index is 1.35. The number of benzene rings is 2. The molecule has 6 heteroatoms. The van der Waals surface area contributed by atoms with Gasteiger partial charge in [-0.05, 0) is 56.2 Å². The van der Waals surface area contributed by atoms with Crippen molar-refractivity contribution in [1.29, 1.82) is 0 Å². The summed E-state index contributed by atoms with van der Waals surface area (Å²) in [5.74, 6) is 2.39. The monoisotopic (exact) mass is 387 g/mol. The molecule has 0 bridgehead atoms. The van der Waals surface area contributed by atoms with Gasteiger partial charge >= 0.3 is 0 Å². The van der Waals surface area contributed by atoms with Crippen molar-refractivity contribution in [2.75, 3.05) is 17.2 Å². The van der Waals surface area contributed by atoms with E-state index in [1.807, 2.05) is 50.2 Å². The topological polar surface area (TPSA) is 74.9 Å². The Morgan fingerprint density at radius 3 is 2.62 bits per heavy atom. The van der Waals surface area contributed by atoms with E-state index >= 15 is 0 Å². The SMILES string of the molecule is CC(C)Oc1ccc(Nc2cc(NCCc3c[nH]c4ccccc34)ncn2)cc1. The third-order valence-corrected chi connectivity index (χ3v) is 4.54. The minimum absolute atomic E-state index is 0.161. The fourth-order valence-corrected chi connectivity index (χ4v) is 3.22. The van der Waals surface area contributed by atoms with Crippen LogP contribution in [0.25, 0.3) is 10.9 Å². The molecule has 0 saturated heterocycles. The van der Waals surface area contributed by atoms with Crippen LogP contribution in [0.2, 0.25) is 0 Å². The van der Waals surface area contributed by atoms with Gasteiger partial charge < -0.3 is 20.4 Å². The predicted molar refractivity (Wildman–Crippen MR) is 118 cm³/mol. The molecule has 0 fully saturated rings. The van der Waals surface area contributed by atoms with Crippen molar-refractivity contribution in [3.8, 4) is 5.75 Å². The molecule has 0 atom stereocenters. The number of aromatic nitrogens is 3. The summed E-state index contributed by atoms with van der Waals surface area (Å²) in [4.78, 5) is 11.9. The zero-order chi connectivity index (χ0) is 20.1. The first-order valence-electron chi connectivity index (χ1n) is 9.82. The van der Waals surface area contributed by atoms with Crippen LogP contribution >= 0.6 is 0 Å². The number of nitrogens with zero attached hydrogens (tertiary/aromatic N) is 2. The lowest BCUT2D eigenvalue weighted by atomic mass is 10.1. The second-order valence-corrected chi connectivity index (χ2v) is 7.14. The van der Waals surface area contributed by atoms with Gasteiger partial charge in [0.1, 0.15) is 23.7 Å². The Kier molecular flexibility index (Phi) is 5.61. The number of anilines is 3. The third-order valence-electron chi connectivity index (χ3n) is 4.54. The maximum Gasteiger partial charge on any atom is 0.135 e. The lowest BCUT2D eigenvalue weighted by Crippen LogP contribution is -2.07. The van der Waals surface area contributed by atoms with E-state index in [0.717, 1.165) is 36.0 Å². The molecule has 148 valence electrons. The number of para-hydroxylation sites is 1. The van der Waals surface area contributed by atoms with Crippen molar-refractivity contribution in [2.45, 2.75) is 26.4 Å². The lowest BCUT2D eigenvalue weighted by molar-refractivity contribution is 0.242. The van der Waals surface area contributed by atoms with Gasteiger partial charge in [0.05, 0.1) is 6.10 Å². The van der Waals surface area contributed by atoms with Gasteiger partial charge in [-0.2, -0.15) is 0 Å². The molecule has 2 heterocycles. The molecule has 2 aromatic heterocycles. The predicted octanol–water partition coefficient (Wildman–Crippen LogP) is 5.14. The normalized spacial score (nSPS) is 11.0. The first-order valence-corrected chi connectivity index (χ1v) is 9.82. The van der Waals surface area contributed by atoms with E-state index < -0.39 is 0 Å². The molecule has 2 aromatic carbocycles. The van der Waals surface area contributed by atoms with Crippen LogP contribution in [0.15, 0.2) is 67.1 Å². The molecule has 3 N–H and O–H groups in total. The molecule has 4 aromatic rings. The van der Waals surface area contributed by atoms with E-state index in [-0.39, 0.29) is 6.10 Å². The van der Waals surface area contributed by atoms with E-state index in [1.54, 1.807) is 6.33 Å². The van der Waals surface area contributed by atoms with Crippen molar-refractivity contribution in [2.24, 2.45) is 0 Å². The number of rotatable bonds is 8. The van der Waals surface area contributed by atoms with Gasteiger partial charge in [0, 0.05) is 35.4 Å². The second-order valence-electron chi connectivity index (χ2n) is 7.14. The fraction of sp³-hybridized carbons (Fsp3) is 0.217. The molecular weight excluding hydrogens is 362 g/mol. The molecule has 0 aliphatic heterocycles. The highest BCUT2D eigenvalue weighted by Gasteiger charge is 2.04. The summed E-state index contributed by atoms with van der Waals surface area (Å²) in [6.45, 7) is 4.82. The second kappa shape index (κ2) is 8.65. The average molecular weight is 387 g/mol. The van der Waals surface area contributed by atoms with Gasteiger partial charge in [0.2, 0.25) is 0 Å². The minimum Gasteiger partial charge on any atom is -0.491 e. The molecule has 0 radical (unpaired) electrons. The Morgan fingerprint density at radius 2 is 1.79 bits per heavy atom. The number of ether oxygens (including phenoxy) is 1. The Labute approximate surface area is 170 Å². The summed E-state index contributed by atoms with van der Waals surface area (Å²) in [5.41, 5.74) is 3.41. The van der Waals surface area contributed by atoms with E-state index in [9.17, 15) is 0 Å². The Morgan fingerprint density at radius 1 is 1.00 bits per heavy atom. The first-order chi connectivity index (χ1) is 14.2. The molecule has 0 unspecified atom stereocenters. The van der Waals surface area contributed by atoms with Gasteiger partial charge in [-0.3, -0.25) is 0 Å². The number of fused-ring (bicyclic) bond motifs is 1. The number of hydrogen-bond donors (Lipinski definition) is 3. The van der Waals surface area contributed by atoms with Crippen LogP contribution in [0.4, 0.5) is 17.3 Å². The van der Waals surface area contributed by atoms with Crippen LogP contribution in [0.5, 0.6) is 5.75 Å². The molecule has 6 nitrogen and oxygen atoms in total. The highest BCUT2D eigenvalue weighted by molar-refractivity contribution is 5.83. The largest absolute Gasteiger partial charge is 0.491 e. The smallest absolute Gasteiger partial charge is 0.135 e. The van der Waals surface area contributed by atoms with E-state index in [0.29, 0.717) is 0 Å². The number of H-pyrrole nitrogens is 1. The van der Waals surface area contributed by atoms with E-state index in [2.05, 4.69) is 50.0 Å². The van der Waals surface area contributed by atoms with Crippen molar-refractivity contribution < 1.29 is 4.74 Å². The summed E-state index contributed by atoms with van der Waals surface area (Å²) in [5, 5.41) is 7.95. The lowest BCUT2D eigenvalue weighted by Gasteiger charge is -2.11. The van der Waals surface area contributed by atoms with Crippen LogP contribution in [-0.2, 0) is 6.42 Å². The van der Waals surface area contributed by atoms with Crippen molar-refractivity contribution in [1.82, 2.24) is 15.0 Å². The summed E-state index contributed by atoms with van der Waals surface area (Å²) in [7, 11) is 0. The van der Waals surface area contributed by atoms with Gasteiger partial charge in [-0.1, -0.05) is 18.2 Å². The summed E-state index contributed by atoms with van der Waals surface area (Å²) in [6.07, 6.45) is 4.71. The highest BCUT2D eigenvalue weighted by Crippen LogP contribution is 2.21. The quantitative estimate of drug-likeness (QED) is 0.390. The Bertz CT molecular complexity index is 1070. The summed E-state index contributed by atoms with van der Waals surface area (Å²) < 4.78 is 5.67. The standard InChI is InChI=1S/C23H25N5O/c1-16(2)29-19-9-7-18(8-10-19)28-23-13-22(26-15-27-23)24-12-11-17-14-25-21-6-4-3-5-20(17)21/h3-10,13-16,25H,11-12H2,1-2H3,(H2,24,26,27,28). The van der Waals surface area contributed by atoms with Crippen LogP contribution in [0.3, 0.4) is 0 Å². The maximum absolute atomic E-state index is 5.67. The Hall–Kier alpha value is -3.54. The van der Waals surface area contributed by atoms with Gasteiger partial charge in [-0.25, -0.2) is 9.97 Å². The van der Waals surface area contributed by atoms with Crippen LogP contribution in [0, 0.1) is 0 Å². The fourth-order valence-electron chi connectivity index (χ4n) is 3.22. The molecule has 0 amide bonds. The summed E-state index contributed by atoms with van der Waals surface area (Å²) in [6, 6.07) is 18.1. The maximum atomic E-state index is 5.67. The third kappa shape index (κ3) is 4.85. The molecule has 4 rings (SSSR count). The molecular formula is C23H25N5O. The zero-order valence-corrected chi connectivity index (χ0v) is 16.6. The zero-order valence-electron chi connectivity index (χ0n) is 16.6. The van der Waals surface area contributed by atoms with Gasteiger partial charge in [-0.15, -0.1) is 0 Å². The minimum atomic E-state index is 0.161. The van der Waals surface area contributed by atoms with Crippen LogP contribution < -0.4 is 15.4 Å². The number of aromatic amines is 1. The van der Waals surface area contributed by atoms with Crippen LogP contribution in [-0.4, -0.2) is 27.6 Å². The van der Waals surface area contributed by atoms with Crippen molar-refractivity contribution >= 4 is 28.2 Å². The van der Waals surface area contributed by atoms with E-state index in [4.69, 9.17) is 4.74 Å². The number of hydrogen-bond acceptors (Lipinski definition) is 5. The summed E-state index contributed by atoms with van der Waals surface area (Å²) >= 11 is 0. The van der Waals surface area contributed by atoms with Gasteiger partial charge in [0.25, 0.3) is 0 Å². The molecule has 0 saturated carbocycles. The molecule has 0 aliphatic rings. The molecule has 0 aliphatic carbocycles. The highest BCUT2D eigenvalue weighted by atomic mass is 16.5. The van der Waals surface area contributed by atoms with Gasteiger partial charge in [0.15, 0.2) is 0 Å². The first kappa shape index (κ1) is 18.8. The van der Waals surface area contributed by atoms with Crippen molar-refractivity contribution in [3.05, 3.63) is 72.7 Å².